The minimum Gasteiger partial charge on any atom is -0.444 e. The minimum absolute atomic E-state index is 0. The van der Waals surface area contributed by atoms with E-state index in [9.17, 15) is 13.2 Å². The summed E-state index contributed by atoms with van der Waals surface area (Å²) in [6, 6.07) is -0.0797. The summed E-state index contributed by atoms with van der Waals surface area (Å²) in [5, 5.41) is 6.40. The molecule has 0 spiro atoms. The van der Waals surface area contributed by atoms with E-state index in [1.807, 2.05) is 20.8 Å². The van der Waals surface area contributed by atoms with Crippen molar-refractivity contribution in [3.8, 4) is 0 Å². The molecule has 10 heteroatoms. The third-order valence-corrected chi connectivity index (χ3v) is 6.33. The Kier molecular flexibility index (Phi) is 9.10. The van der Waals surface area contributed by atoms with Crippen molar-refractivity contribution in [3.63, 3.8) is 0 Å². The van der Waals surface area contributed by atoms with Crippen LogP contribution in [0.3, 0.4) is 0 Å². The number of piperidine rings is 1. The molecule has 27 heavy (non-hydrogen) atoms. The first-order valence-corrected chi connectivity index (χ1v) is 11.1. The number of halogens is 1. The van der Waals surface area contributed by atoms with Crippen LogP contribution in [0.4, 0.5) is 4.79 Å². The number of guanidine groups is 1. The lowest BCUT2D eigenvalue weighted by atomic mass is 10.0. The summed E-state index contributed by atoms with van der Waals surface area (Å²) in [6.45, 7) is 6.84. The standard InChI is InChI=1S/C17H32N4O4S.HI/c1-17(2,3)25-16(22)21-9-6-5-7-14(21)11-19-15(18-4)20-13-8-10-26(23,24)12-13;/h13-14H,5-12H2,1-4H3,(H2,18,19,20);1H. The molecule has 2 aliphatic heterocycles. The topological polar surface area (TPSA) is 100 Å². The Labute approximate surface area is 179 Å². The SMILES string of the molecule is CN=C(NCC1CCCCN1C(=O)OC(C)(C)C)NC1CCS(=O)(=O)C1.I. The number of ether oxygens (including phenoxy) is 1. The van der Waals surface area contributed by atoms with Gasteiger partial charge in [0, 0.05) is 26.2 Å². The number of carbonyl (C=O) groups excluding carboxylic acids is 1. The average Bonchev–Trinajstić information content (AvgIpc) is 2.88. The summed E-state index contributed by atoms with van der Waals surface area (Å²) in [7, 11) is -1.28. The van der Waals surface area contributed by atoms with Crippen LogP contribution in [0.1, 0.15) is 46.5 Å². The van der Waals surface area contributed by atoms with Crippen molar-refractivity contribution in [2.75, 3.05) is 31.6 Å². The molecule has 158 valence electrons. The Morgan fingerprint density at radius 1 is 1.26 bits per heavy atom. The fourth-order valence-corrected chi connectivity index (χ4v) is 4.96. The molecular weight excluding hydrogens is 483 g/mol. The zero-order valence-corrected chi connectivity index (χ0v) is 19.8. The monoisotopic (exact) mass is 516 g/mol. The smallest absolute Gasteiger partial charge is 0.410 e. The molecule has 2 aliphatic rings. The van der Waals surface area contributed by atoms with Crippen LogP contribution < -0.4 is 10.6 Å². The Balaban J connectivity index is 0.00000364. The van der Waals surface area contributed by atoms with Gasteiger partial charge in [0.1, 0.15) is 5.60 Å². The van der Waals surface area contributed by atoms with Crippen molar-refractivity contribution in [3.05, 3.63) is 0 Å². The molecular formula is C17H33IN4O4S. The molecule has 8 nitrogen and oxygen atoms in total. The van der Waals surface area contributed by atoms with Gasteiger partial charge in [-0.1, -0.05) is 0 Å². The number of carbonyl (C=O) groups is 1. The van der Waals surface area contributed by atoms with Crippen molar-refractivity contribution >= 4 is 45.9 Å². The Bertz CT molecular complexity index is 633. The van der Waals surface area contributed by atoms with Crippen LogP contribution in [0.5, 0.6) is 0 Å². The molecule has 0 aliphatic carbocycles. The predicted octanol–water partition coefficient (Wildman–Crippen LogP) is 1.75. The number of likely N-dealkylation sites (tertiary alicyclic amines) is 1. The third kappa shape index (κ3) is 8.00. The van der Waals surface area contributed by atoms with Gasteiger partial charge in [-0.3, -0.25) is 4.99 Å². The van der Waals surface area contributed by atoms with E-state index < -0.39 is 15.4 Å². The lowest BCUT2D eigenvalue weighted by Crippen LogP contribution is -2.53. The number of amides is 1. The van der Waals surface area contributed by atoms with Crippen molar-refractivity contribution in [2.45, 2.75) is 64.1 Å². The lowest BCUT2D eigenvalue weighted by molar-refractivity contribution is 0.0104. The zero-order valence-electron chi connectivity index (χ0n) is 16.7. The van der Waals surface area contributed by atoms with E-state index in [1.54, 1.807) is 11.9 Å². The number of rotatable bonds is 3. The average molecular weight is 516 g/mol. The van der Waals surface area contributed by atoms with E-state index in [2.05, 4.69) is 15.6 Å². The van der Waals surface area contributed by atoms with Crippen LogP contribution >= 0.6 is 24.0 Å². The number of nitrogens with one attached hydrogen (secondary N) is 2. The summed E-state index contributed by atoms with van der Waals surface area (Å²) in [5.41, 5.74) is -0.516. The van der Waals surface area contributed by atoms with Crippen LogP contribution in [-0.4, -0.2) is 74.7 Å². The highest BCUT2D eigenvalue weighted by Gasteiger charge is 2.31. The van der Waals surface area contributed by atoms with Crippen molar-refractivity contribution in [1.29, 1.82) is 0 Å². The molecule has 0 aromatic rings. The maximum absolute atomic E-state index is 12.5. The van der Waals surface area contributed by atoms with E-state index in [4.69, 9.17) is 4.74 Å². The van der Waals surface area contributed by atoms with Crippen LogP contribution in [0.15, 0.2) is 4.99 Å². The van der Waals surface area contributed by atoms with Gasteiger partial charge in [0.15, 0.2) is 15.8 Å². The van der Waals surface area contributed by atoms with Gasteiger partial charge in [-0.05, 0) is 46.5 Å². The summed E-state index contributed by atoms with van der Waals surface area (Å²) < 4.78 is 28.7. The first-order valence-electron chi connectivity index (χ1n) is 9.27. The van der Waals surface area contributed by atoms with Crippen molar-refractivity contribution in [1.82, 2.24) is 15.5 Å². The van der Waals surface area contributed by atoms with Crippen LogP contribution in [0.2, 0.25) is 0 Å². The normalized spacial score (nSPS) is 25.5. The summed E-state index contributed by atoms with van der Waals surface area (Å²) >= 11 is 0. The second-order valence-corrected chi connectivity index (χ2v) is 10.2. The second-order valence-electron chi connectivity index (χ2n) is 8.02. The van der Waals surface area contributed by atoms with Gasteiger partial charge in [-0.25, -0.2) is 13.2 Å². The first-order chi connectivity index (χ1) is 12.1. The number of nitrogens with zero attached hydrogens (tertiary/aromatic N) is 2. The van der Waals surface area contributed by atoms with Crippen LogP contribution in [0.25, 0.3) is 0 Å². The summed E-state index contributed by atoms with van der Waals surface area (Å²) in [5.74, 6) is 0.930. The van der Waals surface area contributed by atoms with Gasteiger partial charge >= 0.3 is 6.09 Å². The van der Waals surface area contributed by atoms with Gasteiger partial charge in [-0.2, -0.15) is 0 Å². The quantitative estimate of drug-likeness (QED) is 0.337. The fourth-order valence-electron chi connectivity index (χ4n) is 3.29. The van der Waals surface area contributed by atoms with Gasteiger partial charge in [-0.15, -0.1) is 24.0 Å². The minimum atomic E-state index is -2.94. The number of aliphatic imine (C=N–C) groups is 1. The Morgan fingerprint density at radius 3 is 2.52 bits per heavy atom. The number of sulfone groups is 1. The Morgan fingerprint density at radius 2 is 1.96 bits per heavy atom. The molecule has 0 bridgehead atoms. The largest absolute Gasteiger partial charge is 0.444 e. The third-order valence-electron chi connectivity index (χ3n) is 4.56. The number of hydrogen-bond donors (Lipinski definition) is 2. The summed E-state index contributed by atoms with van der Waals surface area (Å²) in [4.78, 5) is 18.4. The maximum atomic E-state index is 12.5. The molecule has 0 saturated carbocycles. The van der Waals surface area contributed by atoms with Gasteiger partial charge in [0.25, 0.3) is 0 Å². The number of hydrogen-bond acceptors (Lipinski definition) is 5. The van der Waals surface area contributed by atoms with Crippen molar-refractivity contribution in [2.24, 2.45) is 4.99 Å². The molecule has 0 aromatic heterocycles. The molecule has 2 saturated heterocycles. The maximum Gasteiger partial charge on any atom is 0.410 e. The zero-order chi connectivity index (χ0) is 19.4. The lowest BCUT2D eigenvalue weighted by Gasteiger charge is -2.37. The van der Waals surface area contributed by atoms with E-state index >= 15 is 0 Å². The molecule has 1 amide bonds. The van der Waals surface area contributed by atoms with Crippen molar-refractivity contribution < 1.29 is 17.9 Å². The molecule has 2 atom stereocenters. The molecule has 2 rings (SSSR count). The predicted molar refractivity (Wildman–Crippen MR) is 118 cm³/mol. The van der Waals surface area contributed by atoms with E-state index in [0.29, 0.717) is 25.5 Å². The molecule has 2 N–H and O–H groups in total. The molecule has 2 unspecified atom stereocenters. The molecule has 2 fully saturated rings. The molecule has 0 radical (unpaired) electrons. The fraction of sp³-hybridized carbons (Fsp3) is 0.882. The van der Waals surface area contributed by atoms with E-state index in [-0.39, 0.29) is 53.7 Å². The Hall–Kier alpha value is -0.780. The molecule has 0 aromatic carbocycles. The van der Waals surface area contributed by atoms with Gasteiger partial charge in [0.2, 0.25) is 0 Å². The highest BCUT2D eigenvalue weighted by Crippen LogP contribution is 2.20. The van der Waals surface area contributed by atoms with Crippen LogP contribution in [-0.2, 0) is 14.6 Å². The van der Waals surface area contributed by atoms with E-state index in [0.717, 1.165) is 19.3 Å². The summed E-state index contributed by atoms with van der Waals surface area (Å²) in [6.07, 6.45) is 3.26. The second kappa shape index (κ2) is 10.1. The first kappa shape index (κ1) is 24.3. The van der Waals surface area contributed by atoms with Gasteiger partial charge in [0.05, 0.1) is 17.5 Å². The molecule has 2 heterocycles. The van der Waals surface area contributed by atoms with E-state index in [1.165, 1.54) is 0 Å². The van der Waals surface area contributed by atoms with Gasteiger partial charge < -0.3 is 20.3 Å². The highest BCUT2D eigenvalue weighted by molar-refractivity contribution is 14.0. The highest BCUT2D eigenvalue weighted by atomic mass is 127. The van der Waals surface area contributed by atoms with Crippen LogP contribution in [0, 0.1) is 0 Å².